The van der Waals surface area contributed by atoms with Crippen LogP contribution >= 0.6 is 0 Å². The van der Waals surface area contributed by atoms with Crippen LogP contribution in [0.4, 0.5) is 8.78 Å². The van der Waals surface area contributed by atoms with Crippen molar-refractivity contribution in [3.8, 4) is 0 Å². The maximum absolute atomic E-state index is 13.1. The number of nitrogens with two attached hydrogens (primary N) is 1. The Hall–Kier alpha value is -1.00. The van der Waals surface area contributed by atoms with Gasteiger partial charge in [-0.2, -0.15) is 0 Å². The molecule has 0 radical (unpaired) electrons. The molecule has 1 aromatic rings. The van der Waals surface area contributed by atoms with Gasteiger partial charge in [-0.15, -0.1) is 0 Å². The molecule has 0 heterocycles. The Kier molecular flexibility index (Phi) is 4.60. The first-order chi connectivity index (χ1) is 7.91. The summed E-state index contributed by atoms with van der Waals surface area (Å²) in [7, 11) is 0. The molecule has 0 aliphatic rings. The fraction of sp³-hybridized carbons (Fsp3) is 0.538. The Morgan fingerprint density at radius 1 is 1.29 bits per heavy atom. The van der Waals surface area contributed by atoms with E-state index in [1.54, 1.807) is 6.92 Å². The molecule has 2 nitrogen and oxygen atoms in total. The van der Waals surface area contributed by atoms with E-state index in [0.717, 1.165) is 24.6 Å². The van der Waals surface area contributed by atoms with Gasteiger partial charge >= 0.3 is 0 Å². The molecule has 0 saturated carbocycles. The van der Waals surface area contributed by atoms with Crippen LogP contribution in [0, 0.1) is 17.6 Å². The van der Waals surface area contributed by atoms with Crippen molar-refractivity contribution in [2.24, 2.45) is 11.7 Å². The highest BCUT2D eigenvalue weighted by atomic mass is 19.1. The summed E-state index contributed by atoms with van der Waals surface area (Å²) in [5.41, 5.74) is 4.53. The third kappa shape index (κ3) is 3.23. The lowest BCUT2D eigenvalue weighted by Gasteiger charge is -2.32. The van der Waals surface area contributed by atoms with Gasteiger partial charge < -0.3 is 10.8 Å². The quantitative estimate of drug-likeness (QED) is 0.834. The van der Waals surface area contributed by atoms with E-state index in [0.29, 0.717) is 6.42 Å². The molecule has 2 atom stereocenters. The molecule has 0 amide bonds. The zero-order valence-corrected chi connectivity index (χ0v) is 10.2. The Balaban J connectivity index is 3.09. The van der Waals surface area contributed by atoms with E-state index in [9.17, 15) is 13.9 Å². The van der Waals surface area contributed by atoms with Crippen molar-refractivity contribution in [1.29, 1.82) is 0 Å². The number of hydrogen-bond acceptors (Lipinski definition) is 2. The lowest BCUT2D eigenvalue weighted by atomic mass is 9.80. The summed E-state index contributed by atoms with van der Waals surface area (Å²) in [6, 6.07) is 3.10. The summed E-state index contributed by atoms with van der Waals surface area (Å²) in [4.78, 5) is 0. The van der Waals surface area contributed by atoms with E-state index in [-0.39, 0.29) is 18.0 Å². The van der Waals surface area contributed by atoms with Gasteiger partial charge in [-0.05, 0) is 37.6 Å². The summed E-state index contributed by atoms with van der Waals surface area (Å²) >= 11 is 0. The molecular formula is C13H19F2NO. The van der Waals surface area contributed by atoms with Gasteiger partial charge in [0.05, 0.1) is 5.60 Å². The molecule has 0 aliphatic carbocycles. The summed E-state index contributed by atoms with van der Waals surface area (Å²) in [6.45, 7) is 3.80. The van der Waals surface area contributed by atoms with Crippen LogP contribution in [0.15, 0.2) is 18.2 Å². The van der Waals surface area contributed by atoms with Crippen molar-refractivity contribution in [2.75, 3.05) is 6.54 Å². The van der Waals surface area contributed by atoms with Crippen molar-refractivity contribution < 1.29 is 13.9 Å². The first-order valence-corrected chi connectivity index (χ1v) is 5.80. The minimum atomic E-state index is -1.31. The Labute approximate surface area is 100 Å². The maximum atomic E-state index is 13.1. The minimum Gasteiger partial charge on any atom is -0.385 e. The van der Waals surface area contributed by atoms with Crippen LogP contribution in [-0.2, 0) is 5.60 Å². The van der Waals surface area contributed by atoms with Gasteiger partial charge in [0, 0.05) is 12.0 Å². The molecule has 1 rings (SSSR count). The SMILES string of the molecule is CCCC(CN)C(C)(O)c1cc(F)cc(F)c1. The predicted molar refractivity (Wildman–Crippen MR) is 63.4 cm³/mol. The van der Waals surface area contributed by atoms with Crippen LogP contribution in [0.5, 0.6) is 0 Å². The van der Waals surface area contributed by atoms with Crippen molar-refractivity contribution >= 4 is 0 Å². The van der Waals surface area contributed by atoms with E-state index >= 15 is 0 Å². The van der Waals surface area contributed by atoms with Gasteiger partial charge in [-0.3, -0.25) is 0 Å². The van der Waals surface area contributed by atoms with Gasteiger partial charge in [0.2, 0.25) is 0 Å². The minimum absolute atomic E-state index is 0.214. The van der Waals surface area contributed by atoms with Gasteiger partial charge in [0.25, 0.3) is 0 Å². The smallest absolute Gasteiger partial charge is 0.126 e. The second-order valence-corrected chi connectivity index (χ2v) is 4.53. The van der Waals surface area contributed by atoms with Gasteiger partial charge in [0.15, 0.2) is 0 Å². The van der Waals surface area contributed by atoms with Crippen molar-refractivity contribution in [3.63, 3.8) is 0 Å². The molecule has 96 valence electrons. The third-order valence-electron chi connectivity index (χ3n) is 3.16. The largest absolute Gasteiger partial charge is 0.385 e. The highest BCUT2D eigenvalue weighted by Crippen LogP contribution is 2.32. The van der Waals surface area contributed by atoms with Crippen LogP contribution in [0.2, 0.25) is 0 Å². The predicted octanol–water partition coefficient (Wildman–Crippen LogP) is 2.55. The summed E-state index contributed by atoms with van der Waals surface area (Å²) in [6.07, 6.45) is 1.57. The summed E-state index contributed by atoms with van der Waals surface area (Å²) < 4.78 is 26.3. The van der Waals surface area contributed by atoms with Crippen LogP contribution < -0.4 is 5.73 Å². The van der Waals surface area contributed by atoms with Gasteiger partial charge in [-0.25, -0.2) is 8.78 Å². The first-order valence-electron chi connectivity index (χ1n) is 5.80. The van der Waals surface area contributed by atoms with Gasteiger partial charge in [-0.1, -0.05) is 13.3 Å². The zero-order chi connectivity index (χ0) is 13.1. The van der Waals surface area contributed by atoms with Crippen LogP contribution in [-0.4, -0.2) is 11.7 Å². The van der Waals surface area contributed by atoms with Crippen molar-refractivity contribution in [2.45, 2.75) is 32.3 Å². The molecule has 4 heteroatoms. The maximum Gasteiger partial charge on any atom is 0.126 e. The molecule has 17 heavy (non-hydrogen) atoms. The molecule has 0 bridgehead atoms. The molecule has 0 spiro atoms. The summed E-state index contributed by atoms with van der Waals surface area (Å²) in [5.74, 6) is -1.59. The number of halogens is 2. The summed E-state index contributed by atoms with van der Waals surface area (Å²) in [5, 5.41) is 10.4. The lowest BCUT2D eigenvalue weighted by Crippen LogP contribution is -2.37. The Bertz CT molecular complexity index is 359. The Morgan fingerprint density at radius 2 is 1.82 bits per heavy atom. The van der Waals surface area contributed by atoms with E-state index in [1.165, 1.54) is 0 Å². The second-order valence-electron chi connectivity index (χ2n) is 4.53. The lowest BCUT2D eigenvalue weighted by molar-refractivity contribution is -0.00679. The van der Waals surface area contributed by atoms with E-state index < -0.39 is 17.2 Å². The second kappa shape index (κ2) is 5.56. The number of benzene rings is 1. The molecule has 0 aromatic heterocycles. The van der Waals surface area contributed by atoms with E-state index in [4.69, 9.17) is 5.73 Å². The van der Waals surface area contributed by atoms with Crippen LogP contribution in [0.25, 0.3) is 0 Å². The van der Waals surface area contributed by atoms with Crippen molar-refractivity contribution in [1.82, 2.24) is 0 Å². The van der Waals surface area contributed by atoms with E-state index in [1.807, 2.05) is 6.92 Å². The van der Waals surface area contributed by atoms with E-state index in [2.05, 4.69) is 0 Å². The van der Waals surface area contributed by atoms with Crippen LogP contribution in [0.1, 0.15) is 32.3 Å². The fourth-order valence-electron chi connectivity index (χ4n) is 2.06. The highest BCUT2D eigenvalue weighted by molar-refractivity contribution is 5.24. The molecule has 0 saturated heterocycles. The molecule has 0 fully saturated rings. The molecule has 1 aromatic carbocycles. The average Bonchev–Trinajstić information content (AvgIpc) is 2.24. The number of hydrogen-bond donors (Lipinski definition) is 2. The zero-order valence-electron chi connectivity index (χ0n) is 10.2. The standard InChI is InChI=1S/C13H19F2NO/c1-3-4-9(8-16)13(2,17)10-5-11(14)7-12(15)6-10/h5-7,9,17H,3-4,8,16H2,1-2H3. The molecular weight excluding hydrogens is 224 g/mol. The normalized spacial score (nSPS) is 16.6. The first kappa shape index (κ1) is 14.1. The molecule has 2 unspecified atom stereocenters. The number of rotatable bonds is 5. The fourth-order valence-corrected chi connectivity index (χ4v) is 2.06. The molecule has 3 N–H and O–H groups in total. The highest BCUT2D eigenvalue weighted by Gasteiger charge is 2.32. The van der Waals surface area contributed by atoms with Crippen molar-refractivity contribution in [3.05, 3.63) is 35.4 Å². The van der Waals surface area contributed by atoms with Gasteiger partial charge in [0.1, 0.15) is 11.6 Å². The average molecular weight is 243 g/mol. The number of aliphatic hydroxyl groups is 1. The topological polar surface area (TPSA) is 46.2 Å². The monoisotopic (exact) mass is 243 g/mol. The third-order valence-corrected chi connectivity index (χ3v) is 3.16. The van der Waals surface area contributed by atoms with Crippen LogP contribution in [0.3, 0.4) is 0 Å². The molecule has 0 aliphatic heterocycles. The Morgan fingerprint density at radius 3 is 2.24 bits per heavy atom.